The molecule has 0 radical (unpaired) electrons. The van der Waals surface area contributed by atoms with Gasteiger partial charge in [0.2, 0.25) is 0 Å². The summed E-state index contributed by atoms with van der Waals surface area (Å²) < 4.78 is 18.3. The average Bonchev–Trinajstić information content (AvgIpc) is 2.33. The highest BCUT2D eigenvalue weighted by molar-refractivity contribution is 5.29. The normalized spacial score (nSPS) is 17.3. The van der Waals surface area contributed by atoms with Crippen molar-refractivity contribution in [3.63, 3.8) is 0 Å². The third-order valence-corrected chi connectivity index (χ3v) is 3.79. The molecule has 0 bridgehead atoms. The van der Waals surface area contributed by atoms with E-state index in [4.69, 9.17) is 4.74 Å². The van der Waals surface area contributed by atoms with E-state index in [0.717, 1.165) is 24.9 Å². The summed E-state index contributed by atoms with van der Waals surface area (Å²) in [5, 5.41) is 12.6. The zero-order valence-corrected chi connectivity index (χ0v) is 10.7. The second-order valence-electron chi connectivity index (χ2n) is 5.08. The van der Waals surface area contributed by atoms with Gasteiger partial charge < -0.3 is 15.2 Å². The molecule has 4 heteroatoms. The molecule has 1 aliphatic carbocycles. The van der Waals surface area contributed by atoms with Crippen molar-refractivity contribution >= 4 is 0 Å². The van der Waals surface area contributed by atoms with E-state index in [-0.39, 0.29) is 23.6 Å². The molecule has 3 nitrogen and oxygen atoms in total. The van der Waals surface area contributed by atoms with Gasteiger partial charge in [0, 0.05) is 25.1 Å². The molecule has 0 atom stereocenters. The van der Waals surface area contributed by atoms with Crippen molar-refractivity contribution in [1.29, 1.82) is 0 Å². The second-order valence-corrected chi connectivity index (χ2v) is 5.08. The van der Waals surface area contributed by atoms with Crippen LogP contribution in [0.4, 0.5) is 4.39 Å². The van der Waals surface area contributed by atoms with Gasteiger partial charge in [-0.2, -0.15) is 0 Å². The minimum Gasteiger partial charge on any atom is -0.494 e. The van der Waals surface area contributed by atoms with Crippen LogP contribution in [0, 0.1) is 11.2 Å². The van der Waals surface area contributed by atoms with Crippen molar-refractivity contribution in [3.05, 3.63) is 29.6 Å². The van der Waals surface area contributed by atoms with Gasteiger partial charge in [0.25, 0.3) is 0 Å². The summed E-state index contributed by atoms with van der Waals surface area (Å²) >= 11 is 0. The molecule has 2 rings (SSSR count). The Morgan fingerprint density at radius 2 is 2.22 bits per heavy atom. The fourth-order valence-corrected chi connectivity index (χ4v) is 2.36. The lowest BCUT2D eigenvalue weighted by Crippen LogP contribution is -2.42. The zero-order chi connectivity index (χ0) is 13.0. The maximum atomic E-state index is 13.5. The molecule has 0 aliphatic heterocycles. The third-order valence-electron chi connectivity index (χ3n) is 3.79. The highest BCUT2D eigenvalue weighted by atomic mass is 19.1. The van der Waals surface area contributed by atoms with Crippen molar-refractivity contribution in [2.75, 3.05) is 20.3 Å². The van der Waals surface area contributed by atoms with Crippen molar-refractivity contribution < 1.29 is 14.2 Å². The number of hydrogen-bond acceptors (Lipinski definition) is 3. The summed E-state index contributed by atoms with van der Waals surface area (Å²) in [5.41, 5.74) is 0.950. The average molecular weight is 253 g/mol. The van der Waals surface area contributed by atoms with Crippen LogP contribution in [-0.2, 0) is 6.54 Å². The first-order chi connectivity index (χ1) is 8.69. The molecule has 1 aromatic rings. The van der Waals surface area contributed by atoms with Crippen molar-refractivity contribution in [3.8, 4) is 5.75 Å². The lowest BCUT2D eigenvalue weighted by molar-refractivity contribution is 0.0445. The number of methoxy groups -OCH3 is 1. The molecular weight excluding hydrogens is 233 g/mol. The van der Waals surface area contributed by atoms with E-state index in [9.17, 15) is 9.50 Å². The SMILES string of the molecule is COc1ccc(CNCC2(CO)CCC2)cc1F. The van der Waals surface area contributed by atoms with Gasteiger partial charge in [-0.05, 0) is 30.5 Å². The fraction of sp³-hybridized carbons (Fsp3) is 0.571. The number of nitrogens with one attached hydrogen (secondary N) is 1. The van der Waals surface area contributed by atoms with Crippen LogP contribution in [0.15, 0.2) is 18.2 Å². The molecule has 100 valence electrons. The number of benzene rings is 1. The first-order valence-electron chi connectivity index (χ1n) is 6.33. The van der Waals surface area contributed by atoms with E-state index in [2.05, 4.69) is 5.32 Å². The Kier molecular flexibility index (Phi) is 4.19. The molecule has 0 spiro atoms. The topological polar surface area (TPSA) is 41.5 Å². The summed E-state index contributed by atoms with van der Waals surface area (Å²) in [4.78, 5) is 0. The molecular formula is C14H20FNO2. The van der Waals surface area contributed by atoms with Gasteiger partial charge >= 0.3 is 0 Å². The third kappa shape index (κ3) is 2.82. The minimum atomic E-state index is -0.336. The van der Waals surface area contributed by atoms with Crippen LogP contribution in [0.5, 0.6) is 5.75 Å². The predicted molar refractivity (Wildman–Crippen MR) is 68.0 cm³/mol. The number of ether oxygens (including phenoxy) is 1. The Hall–Kier alpha value is -1.13. The van der Waals surface area contributed by atoms with Crippen molar-refractivity contribution in [2.24, 2.45) is 5.41 Å². The van der Waals surface area contributed by atoms with Crippen molar-refractivity contribution in [2.45, 2.75) is 25.8 Å². The van der Waals surface area contributed by atoms with Gasteiger partial charge in [-0.15, -0.1) is 0 Å². The second kappa shape index (κ2) is 5.67. The van der Waals surface area contributed by atoms with Crippen molar-refractivity contribution in [1.82, 2.24) is 5.32 Å². The molecule has 1 aromatic carbocycles. The summed E-state index contributed by atoms with van der Waals surface area (Å²) in [6.45, 7) is 1.64. The fourth-order valence-electron chi connectivity index (χ4n) is 2.36. The first kappa shape index (κ1) is 13.3. The Morgan fingerprint density at radius 3 is 2.72 bits per heavy atom. The van der Waals surface area contributed by atoms with Gasteiger partial charge in [0.15, 0.2) is 11.6 Å². The number of halogens is 1. The Labute approximate surface area is 107 Å². The van der Waals surface area contributed by atoms with Crippen LogP contribution in [-0.4, -0.2) is 25.4 Å². The molecule has 0 unspecified atom stereocenters. The largest absolute Gasteiger partial charge is 0.494 e. The molecule has 0 saturated heterocycles. The van der Waals surface area contributed by atoms with Gasteiger partial charge in [0.05, 0.1) is 7.11 Å². The quantitative estimate of drug-likeness (QED) is 0.815. The minimum absolute atomic E-state index is 0.0605. The number of aliphatic hydroxyl groups is 1. The van der Waals surface area contributed by atoms with E-state index in [1.54, 1.807) is 6.07 Å². The van der Waals surface area contributed by atoms with Crippen LogP contribution in [0.2, 0.25) is 0 Å². The van der Waals surface area contributed by atoms with Crippen LogP contribution in [0.3, 0.4) is 0 Å². The molecule has 2 N–H and O–H groups in total. The van der Waals surface area contributed by atoms with Gasteiger partial charge in [-0.25, -0.2) is 4.39 Å². The Bertz CT molecular complexity index is 399. The van der Waals surface area contributed by atoms with E-state index in [0.29, 0.717) is 6.54 Å². The number of rotatable bonds is 6. The van der Waals surface area contributed by atoms with E-state index in [1.807, 2.05) is 6.07 Å². The summed E-state index contributed by atoms with van der Waals surface area (Å²) in [5.74, 6) is -0.0677. The van der Waals surface area contributed by atoms with Crippen LogP contribution in [0.1, 0.15) is 24.8 Å². The smallest absolute Gasteiger partial charge is 0.165 e. The maximum Gasteiger partial charge on any atom is 0.165 e. The summed E-state index contributed by atoms with van der Waals surface area (Å²) in [6.07, 6.45) is 3.35. The number of aliphatic hydroxyl groups excluding tert-OH is 1. The molecule has 1 fully saturated rings. The molecule has 1 saturated carbocycles. The Balaban J connectivity index is 1.85. The van der Waals surface area contributed by atoms with Crippen LogP contribution < -0.4 is 10.1 Å². The van der Waals surface area contributed by atoms with E-state index in [1.165, 1.54) is 19.6 Å². The molecule has 0 aromatic heterocycles. The monoisotopic (exact) mass is 253 g/mol. The highest BCUT2D eigenvalue weighted by Gasteiger charge is 2.35. The Morgan fingerprint density at radius 1 is 1.44 bits per heavy atom. The van der Waals surface area contributed by atoms with Crippen LogP contribution >= 0.6 is 0 Å². The maximum absolute atomic E-state index is 13.5. The molecule has 18 heavy (non-hydrogen) atoms. The van der Waals surface area contributed by atoms with Crippen LogP contribution in [0.25, 0.3) is 0 Å². The highest BCUT2D eigenvalue weighted by Crippen LogP contribution is 2.39. The summed E-state index contributed by atoms with van der Waals surface area (Å²) in [6, 6.07) is 4.97. The first-order valence-corrected chi connectivity index (χ1v) is 6.33. The number of hydrogen-bond donors (Lipinski definition) is 2. The van der Waals surface area contributed by atoms with Gasteiger partial charge in [-0.3, -0.25) is 0 Å². The molecule has 1 aliphatic rings. The van der Waals surface area contributed by atoms with E-state index < -0.39 is 0 Å². The zero-order valence-electron chi connectivity index (χ0n) is 10.7. The predicted octanol–water partition coefficient (Wildman–Crippen LogP) is 2.09. The molecule has 0 heterocycles. The molecule has 0 amide bonds. The van der Waals surface area contributed by atoms with Gasteiger partial charge in [-0.1, -0.05) is 12.5 Å². The van der Waals surface area contributed by atoms with E-state index >= 15 is 0 Å². The lowest BCUT2D eigenvalue weighted by Gasteiger charge is -2.40. The summed E-state index contributed by atoms with van der Waals surface area (Å²) in [7, 11) is 1.46. The standard InChI is InChI=1S/C14H20FNO2/c1-18-13-4-3-11(7-12(13)15)8-16-9-14(10-17)5-2-6-14/h3-4,7,16-17H,2,5-6,8-10H2,1H3. The van der Waals surface area contributed by atoms with Gasteiger partial charge in [0.1, 0.15) is 0 Å². The lowest BCUT2D eigenvalue weighted by atomic mass is 9.69.